The molecule has 0 N–H and O–H groups in total. The minimum absolute atomic E-state index is 1.26. The van der Waals surface area contributed by atoms with Crippen molar-refractivity contribution < 1.29 is 0 Å². The fourth-order valence-electron chi connectivity index (χ4n) is 3.02. The predicted molar refractivity (Wildman–Crippen MR) is 103 cm³/mol. The summed E-state index contributed by atoms with van der Waals surface area (Å²) in [5.41, 5.74) is 2.59. The standard InChI is InChI=1S/C9H7.3C4H9.Sn/c1-3-9-7-5-4-6-8(9)2;3*1-3-4-2;/h4-7H,2H3;3*1,3-4H2,2H3;. The van der Waals surface area contributed by atoms with Crippen molar-refractivity contribution in [2.45, 2.75) is 79.5 Å². The molecule has 22 heavy (non-hydrogen) atoms. The summed E-state index contributed by atoms with van der Waals surface area (Å²) in [7, 11) is 0. The van der Waals surface area contributed by atoms with Crippen LogP contribution in [-0.4, -0.2) is 18.4 Å². The molecular weight excluding hydrogens is 371 g/mol. The number of aryl methyl sites for hydroxylation is 1. The van der Waals surface area contributed by atoms with Gasteiger partial charge in [0.15, 0.2) is 0 Å². The first-order chi connectivity index (χ1) is 10.7. The van der Waals surface area contributed by atoms with E-state index in [-0.39, 0.29) is 0 Å². The second-order valence-electron chi connectivity index (χ2n) is 6.66. The number of benzene rings is 1. The van der Waals surface area contributed by atoms with Crippen LogP contribution in [0.1, 0.15) is 70.4 Å². The van der Waals surface area contributed by atoms with Gasteiger partial charge in [0, 0.05) is 0 Å². The Morgan fingerprint density at radius 1 is 0.818 bits per heavy atom. The molecule has 1 aromatic rings. The zero-order valence-electron chi connectivity index (χ0n) is 15.2. The molecule has 0 spiro atoms. The Morgan fingerprint density at radius 3 is 1.77 bits per heavy atom. The molecule has 0 aromatic heterocycles. The van der Waals surface area contributed by atoms with Crippen molar-refractivity contribution in [3.63, 3.8) is 0 Å². The molecule has 0 aliphatic rings. The van der Waals surface area contributed by atoms with Crippen molar-refractivity contribution in [2.75, 3.05) is 0 Å². The second-order valence-corrected chi connectivity index (χ2v) is 19.0. The van der Waals surface area contributed by atoms with Gasteiger partial charge in [0.2, 0.25) is 0 Å². The first-order valence-corrected chi connectivity index (χ1v) is 16.7. The minimum atomic E-state index is -2.28. The van der Waals surface area contributed by atoms with E-state index in [0.29, 0.717) is 0 Å². The molecule has 0 unspecified atom stereocenters. The molecular formula is C21H34Sn. The Morgan fingerprint density at radius 2 is 1.32 bits per heavy atom. The molecule has 0 atom stereocenters. The van der Waals surface area contributed by atoms with Crippen LogP contribution in [0.15, 0.2) is 24.3 Å². The Hall–Kier alpha value is -0.421. The van der Waals surface area contributed by atoms with Gasteiger partial charge in [-0.05, 0) is 0 Å². The van der Waals surface area contributed by atoms with Gasteiger partial charge in [0.1, 0.15) is 0 Å². The van der Waals surface area contributed by atoms with Crippen molar-refractivity contribution in [2.24, 2.45) is 0 Å². The molecule has 0 aliphatic carbocycles. The maximum atomic E-state index is 3.95. The summed E-state index contributed by atoms with van der Waals surface area (Å²) in [5.74, 6) is 3.62. The van der Waals surface area contributed by atoms with Gasteiger partial charge in [-0.3, -0.25) is 0 Å². The monoisotopic (exact) mass is 406 g/mol. The summed E-state index contributed by atoms with van der Waals surface area (Å²) in [6, 6.07) is 8.62. The van der Waals surface area contributed by atoms with E-state index in [1.807, 2.05) is 0 Å². The Bertz CT molecular complexity index is 456. The van der Waals surface area contributed by atoms with E-state index >= 15 is 0 Å². The van der Waals surface area contributed by atoms with Crippen LogP contribution in [0.3, 0.4) is 0 Å². The van der Waals surface area contributed by atoms with Crippen molar-refractivity contribution in [3.8, 4) is 9.86 Å². The third-order valence-electron chi connectivity index (χ3n) is 4.63. The molecule has 0 fully saturated rings. The van der Waals surface area contributed by atoms with Crippen molar-refractivity contribution in [1.82, 2.24) is 0 Å². The molecule has 0 amide bonds. The summed E-state index contributed by atoms with van der Waals surface area (Å²) in [5, 5.41) is 0. The SMILES string of the molecule is CCC[CH2][Sn]([C]#Cc1ccccc1C)([CH2]CCC)[CH2]CCC. The molecule has 0 aliphatic heterocycles. The Kier molecular flexibility index (Phi) is 9.96. The van der Waals surface area contributed by atoms with Gasteiger partial charge in [-0.2, -0.15) is 0 Å². The molecule has 0 bridgehead atoms. The van der Waals surface area contributed by atoms with Crippen LogP contribution in [0.5, 0.6) is 0 Å². The van der Waals surface area contributed by atoms with E-state index in [1.165, 1.54) is 63.0 Å². The Labute approximate surface area is 143 Å². The molecule has 1 aromatic carbocycles. The second kappa shape index (κ2) is 11.2. The van der Waals surface area contributed by atoms with Gasteiger partial charge in [-0.25, -0.2) is 0 Å². The van der Waals surface area contributed by atoms with Gasteiger partial charge in [0.05, 0.1) is 0 Å². The molecule has 0 saturated carbocycles. The molecule has 0 radical (unpaired) electrons. The molecule has 0 heterocycles. The van der Waals surface area contributed by atoms with Crippen molar-refractivity contribution >= 4 is 18.4 Å². The van der Waals surface area contributed by atoms with Gasteiger partial charge in [0.25, 0.3) is 0 Å². The molecule has 1 heteroatoms. The van der Waals surface area contributed by atoms with Crippen LogP contribution >= 0.6 is 0 Å². The molecule has 122 valence electrons. The first-order valence-electron chi connectivity index (χ1n) is 9.26. The summed E-state index contributed by atoms with van der Waals surface area (Å²) in [6.45, 7) is 9.16. The van der Waals surface area contributed by atoms with Gasteiger partial charge in [-0.1, -0.05) is 0 Å². The average Bonchev–Trinajstić information content (AvgIpc) is 2.55. The zero-order chi connectivity index (χ0) is 16.3. The van der Waals surface area contributed by atoms with Crippen LogP contribution in [0.4, 0.5) is 0 Å². The quantitative estimate of drug-likeness (QED) is 0.316. The third-order valence-corrected chi connectivity index (χ3v) is 17.7. The van der Waals surface area contributed by atoms with E-state index in [9.17, 15) is 0 Å². The number of hydrogen-bond donors (Lipinski definition) is 0. The predicted octanol–water partition coefficient (Wildman–Crippen LogP) is 6.73. The van der Waals surface area contributed by atoms with Crippen LogP contribution in [-0.2, 0) is 0 Å². The van der Waals surface area contributed by atoms with Crippen molar-refractivity contribution in [1.29, 1.82) is 0 Å². The van der Waals surface area contributed by atoms with Crippen LogP contribution in [0.2, 0.25) is 13.3 Å². The van der Waals surface area contributed by atoms with E-state index in [1.54, 1.807) is 0 Å². The fourth-order valence-corrected chi connectivity index (χ4v) is 16.2. The molecule has 0 nitrogen and oxygen atoms in total. The molecule has 0 saturated heterocycles. The van der Waals surface area contributed by atoms with Gasteiger partial charge >= 0.3 is 143 Å². The van der Waals surface area contributed by atoms with Crippen LogP contribution in [0.25, 0.3) is 0 Å². The van der Waals surface area contributed by atoms with E-state index in [2.05, 4.69) is 61.8 Å². The number of rotatable bonds is 9. The average molecular weight is 405 g/mol. The van der Waals surface area contributed by atoms with Gasteiger partial charge in [-0.15, -0.1) is 0 Å². The summed E-state index contributed by atoms with van der Waals surface area (Å²) >= 11 is -2.28. The zero-order valence-corrected chi connectivity index (χ0v) is 18.0. The van der Waals surface area contributed by atoms with E-state index in [4.69, 9.17) is 0 Å². The summed E-state index contributed by atoms with van der Waals surface area (Å²) in [6.07, 6.45) is 8.15. The topological polar surface area (TPSA) is 0 Å². The van der Waals surface area contributed by atoms with Crippen LogP contribution in [0, 0.1) is 16.8 Å². The fraction of sp³-hybridized carbons (Fsp3) is 0.619. The summed E-state index contributed by atoms with van der Waals surface area (Å²) < 4.78 is 8.38. The van der Waals surface area contributed by atoms with Gasteiger partial charge < -0.3 is 0 Å². The third kappa shape index (κ3) is 6.78. The van der Waals surface area contributed by atoms with E-state index in [0.717, 1.165) is 0 Å². The summed E-state index contributed by atoms with van der Waals surface area (Å²) in [4.78, 5) is 0. The van der Waals surface area contributed by atoms with Crippen LogP contribution < -0.4 is 0 Å². The van der Waals surface area contributed by atoms with E-state index < -0.39 is 18.4 Å². The molecule has 1 rings (SSSR count). The van der Waals surface area contributed by atoms with Crippen molar-refractivity contribution in [3.05, 3.63) is 35.4 Å². The number of hydrogen-bond acceptors (Lipinski definition) is 0. The maximum absolute atomic E-state index is 3.95. The normalized spacial score (nSPS) is 11.1. The Balaban J connectivity index is 3.02. The first kappa shape index (κ1) is 19.6. The number of unbranched alkanes of at least 4 members (excludes halogenated alkanes) is 3.